The zero-order valence-corrected chi connectivity index (χ0v) is 25.9. The molecular formula is C35H28N6O9. The minimum absolute atomic E-state index is 0.238. The van der Waals surface area contributed by atoms with Gasteiger partial charge in [0.15, 0.2) is 22.9 Å². The van der Waals surface area contributed by atoms with E-state index in [9.17, 15) is 29.4 Å². The predicted octanol–water partition coefficient (Wildman–Crippen LogP) is 4.44. The number of nitrogens with zero attached hydrogens (tertiary/aromatic N) is 3. The molecule has 0 saturated carbocycles. The average Bonchev–Trinajstić information content (AvgIpc) is 3.12. The Balaban J connectivity index is 0.000000194. The van der Waals surface area contributed by atoms with E-state index in [4.69, 9.17) is 14.9 Å². The number of carboxylic acids is 2. The Bertz CT molecular complexity index is 2200. The SMILES string of the molecule is O=C(O)CNC(=O)c1nc(Nc2ccccc2)c2ccccc2c1O.O=C(O)CNC(=O)c1ncc2ccc(Oc3cccnc3)cc2c1O. The van der Waals surface area contributed by atoms with Crippen molar-refractivity contribution in [3.63, 3.8) is 0 Å². The van der Waals surface area contributed by atoms with Gasteiger partial charge in [-0.15, -0.1) is 0 Å². The number of aromatic hydroxyl groups is 2. The van der Waals surface area contributed by atoms with Crippen LogP contribution in [0, 0.1) is 0 Å². The number of anilines is 2. The van der Waals surface area contributed by atoms with Crippen molar-refractivity contribution >= 4 is 56.8 Å². The molecule has 2 amide bonds. The Kier molecular flexibility index (Phi) is 10.6. The molecule has 0 aliphatic carbocycles. The monoisotopic (exact) mass is 676 g/mol. The molecule has 0 atom stereocenters. The molecule has 0 aliphatic rings. The summed E-state index contributed by atoms with van der Waals surface area (Å²) in [6.07, 6.45) is 4.58. The van der Waals surface area contributed by atoms with Gasteiger partial charge in [-0.25, -0.2) is 9.97 Å². The molecule has 15 heteroatoms. The van der Waals surface area contributed by atoms with Crippen LogP contribution in [-0.4, -0.2) is 72.2 Å². The molecule has 0 saturated heterocycles. The molecule has 3 heterocycles. The first-order valence-electron chi connectivity index (χ1n) is 14.7. The Morgan fingerprint density at radius 2 is 1.30 bits per heavy atom. The lowest BCUT2D eigenvalue weighted by Crippen LogP contribution is -2.30. The third kappa shape index (κ3) is 8.34. The molecule has 252 valence electrons. The van der Waals surface area contributed by atoms with E-state index >= 15 is 0 Å². The molecule has 0 unspecified atom stereocenters. The summed E-state index contributed by atoms with van der Waals surface area (Å²) in [6.45, 7) is -1.13. The fourth-order valence-corrected chi connectivity index (χ4v) is 4.59. The molecule has 0 aliphatic heterocycles. The second-order valence-electron chi connectivity index (χ2n) is 10.3. The Morgan fingerprint density at radius 3 is 1.96 bits per heavy atom. The summed E-state index contributed by atoms with van der Waals surface area (Å²) in [5.41, 5.74) is 0.272. The quantitative estimate of drug-likeness (QED) is 0.106. The van der Waals surface area contributed by atoms with E-state index in [1.54, 1.807) is 67.0 Å². The molecule has 0 radical (unpaired) electrons. The topological polar surface area (TPSA) is 233 Å². The number of carboxylic acid groups (broad SMARTS) is 2. The molecule has 15 nitrogen and oxygen atoms in total. The van der Waals surface area contributed by atoms with Crippen LogP contribution in [0.2, 0.25) is 0 Å². The van der Waals surface area contributed by atoms with E-state index in [-0.39, 0.29) is 22.9 Å². The van der Waals surface area contributed by atoms with Gasteiger partial charge in [0.05, 0.1) is 6.20 Å². The molecule has 6 aromatic rings. The van der Waals surface area contributed by atoms with Gasteiger partial charge in [-0.2, -0.15) is 0 Å². The van der Waals surface area contributed by atoms with Crippen molar-refractivity contribution in [3.05, 3.63) is 115 Å². The molecule has 6 rings (SSSR count). The lowest BCUT2D eigenvalue weighted by molar-refractivity contribution is -0.136. The van der Waals surface area contributed by atoms with Gasteiger partial charge in [0.25, 0.3) is 11.8 Å². The number of hydrogen-bond acceptors (Lipinski definition) is 11. The summed E-state index contributed by atoms with van der Waals surface area (Å²) in [5.74, 6) is -3.21. The van der Waals surface area contributed by atoms with Gasteiger partial charge in [-0.1, -0.05) is 42.5 Å². The van der Waals surface area contributed by atoms with Gasteiger partial charge in [0.2, 0.25) is 0 Å². The number of benzene rings is 3. The van der Waals surface area contributed by atoms with Gasteiger partial charge >= 0.3 is 11.9 Å². The summed E-state index contributed by atoms with van der Waals surface area (Å²) < 4.78 is 5.65. The number of fused-ring (bicyclic) bond motifs is 2. The number of para-hydroxylation sites is 1. The molecule has 0 fully saturated rings. The standard InChI is InChI=1S/C18H15N3O4.C17H13N3O5/c22-14(23)10-19-18(25)15-16(24)12-8-4-5-9-13(12)17(21-15)20-11-6-2-1-3-7-11;21-14(22)9-20-17(24)15-16(23)13-6-11(4-3-10(13)7-19-15)25-12-2-1-5-18-8-12/h1-9,24H,10H2,(H,19,25)(H,20,21)(H,22,23);1-8,23H,9H2,(H,20,24)(H,21,22). The largest absolute Gasteiger partial charge is 0.505 e. The number of rotatable bonds is 10. The summed E-state index contributed by atoms with van der Waals surface area (Å²) in [5, 5.41) is 47.5. The zero-order chi connectivity index (χ0) is 35.6. The normalized spacial score (nSPS) is 10.4. The number of aliphatic carboxylic acids is 2. The highest BCUT2D eigenvalue weighted by Crippen LogP contribution is 2.34. The van der Waals surface area contributed by atoms with Crippen molar-refractivity contribution in [2.75, 3.05) is 18.4 Å². The van der Waals surface area contributed by atoms with Crippen LogP contribution in [-0.2, 0) is 9.59 Å². The molecule has 3 aromatic heterocycles. The number of amides is 2. The van der Waals surface area contributed by atoms with Crippen LogP contribution in [0.3, 0.4) is 0 Å². The highest BCUT2D eigenvalue weighted by atomic mass is 16.5. The maximum absolute atomic E-state index is 12.2. The van der Waals surface area contributed by atoms with Crippen molar-refractivity contribution in [3.8, 4) is 23.0 Å². The smallest absolute Gasteiger partial charge is 0.322 e. The lowest BCUT2D eigenvalue weighted by Gasteiger charge is -2.13. The summed E-state index contributed by atoms with van der Waals surface area (Å²) in [4.78, 5) is 57.4. The van der Waals surface area contributed by atoms with Crippen molar-refractivity contribution < 1.29 is 44.3 Å². The Hall–Kier alpha value is -7.29. The minimum atomic E-state index is -1.19. The maximum Gasteiger partial charge on any atom is 0.322 e. The average molecular weight is 677 g/mol. The number of aromatic nitrogens is 3. The van der Waals surface area contributed by atoms with Crippen LogP contribution in [0.1, 0.15) is 21.0 Å². The first kappa shape index (κ1) is 34.1. The van der Waals surface area contributed by atoms with Crippen LogP contribution < -0.4 is 20.7 Å². The second-order valence-corrected chi connectivity index (χ2v) is 10.3. The van der Waals surface area contributed by atoms with Crippen molar-refractivity contribution in [1.82, 2.24) is 25.6 Å². The number of ether oxygens (including phenoxy) is 1. The van der Waals surface area contributed by atoms with E-state index < -0.39 is 36.8 Å². The van der Waals surface area contributed by atoms with E-state index in [0.29, 0.717) is 38.9 Å². The van der Waals surface area contributed by atoms with Crippen molar-refractivity contribution in [1.29, 1.82) is 0 Å². The highest BCUT2D eigenvalue weighted by Gasteiger charge is 2.20. The van der Waals surface area contributed by atoms with Crippen LogP contribution in [0.4, 0.5) is 11.5 Å². The number of pyridine rings is 3. The minimum Gasteiger partial charge on any atom is -0.505 e. The fourth-order valence-electron chi connectivity index (χ4n) is 4.59. The number of hydrogen-bond donors (Lipinski definition) is 7. The molecular weight excluding hydrogens is 648 g/mol. The number of carbonyl (C=O) groups excluding carboxylic acids is 2. The first-order chi connectivity index (χ1) is 24.1. The van der Waals surface area contributed by atoms with Gasteiger partial charge in [-0.05, 0) is 42.5 Å². The summed E-state index contributed by atoms with van der Waals surface area (Å²) >= 11 is 0. The Labute approximate surface area is 282 Å². The van der Waals surface area contributed by atoms with E-state index in [1.807, 2.05) is 30.3 Å². The van der Waals surface area contributed by atoms with Crippen LogP contribution in [0.15, 0.2) is 104 Å². The van der Waals surface area contributed by atoms with Crippen LogP contribution in [0.5, 0.6) is 23.0 Å². The van der Waals surface area contributed by atoms with Gasteiger partial charge in [0.1, 0.15) is 30.4 Å². The third-order valence-corrected chi connectivity index (χ3v) is 6.86. The zero-order valence-electron chi connectivity index (χ0n) is 25.9. The van der Waals surface area contributed by atoms with Gasteiger partial charge in [0, 0.05) is 39.6 Å². The number of carbonyl (C=O) groups is 4. The first-order valence-corrected chi connectivity index (χ1v) is 14.7. The maximum atomic E-state index is 12.2. The molecule has 7 N–H and O–H groups in total. The van der Waals surface area contributed by atoms with Crippen LogP contribution >= 0.6 is 0 Å². The predicted molar refractivity (Wildman–Crippen MR) is 181 cm³/mol. The summed E-state index contributed by atoms with van der Waals surface area (Å²) in [6, 6.07) is 24.6. The highest BCUT2D eigenvalue weighted by molar-refractivity contribution is 6.06. The van der Waals surface area contributed by atoms with Gasteiger partial charge in [-0.3, -0.25) is 24.2 Å². The number of nitrogens with one attached hydrogen (secondary N) is 3. The molecule has 0 spiro atoms. The molecule has 50 heavy (non-hydrogen) atoms. The summed E-state index contributed by atoms with van der Waals surface area (Å²) in [7, 11) is 0. The van der Waals surface area contributed by atoms with E-state index in [1.165, 1.54) is 6.20 Å². The lowest BCUT2D eigenvalue weighted by atomic mass is 10.1. The third-order valence-electron chi connectivity index (χ3n) is 6.86. The van der Waals surface area contributed by atoms with Gasteiger partial charge < -0.3 is 41.1 Å². The van der Waals surface area contributed by atoms with Crippen LogP contribution in [0.25, 0.3) is 21.5 Å². The second kappa shape index (κ2) is 15.5. The fraction of sp³-hybridized carbons (Fsp3) is 0.0571. The van der Waals surface area contributed by atoms with E-state index in [2.05, 4.69) is 30.9 Å². The van der Waals surface area contributed by atoms with E-state index in [0.717, 1.165) is 5.69 Å². The molecule has 3 aromatic carbocycles. The Morgan fingerprint density at radius 1 is 0.660 bits per heavy atom. The van der Waals surface area contributed by atoms with Crippen molar-refractivity contribution in [2.24, 2.45) is 0 Å². The molecule has 0 bridgehead atoms. The van der Waals surface area contributed by atoms with Crippen molar-refractivity contribution in [2.45, 2.75) is 0 Å².